The van der Waals surface area contributed by atoms with E-state index in [9.17, 15) is 19.7 Å². The molecule has 0 bridgehead atoms. The molecule has 0 unspecified atom stereocenters. The van der Waals surface area contributed by atoms with Crippen LogP contribution in [-0.2, 0) is 4.79 Å². The number of hydrogen-bond acceptors (Lipinski definition) is 5. The molecule has 2 rings (SSSR count). The van der Waals surface area contributed by atoms with Crippen molar-refractivity contribution in [2.45, 2.75) is 0 Å². The number of anilines is 2. The standard InChI is InChI=1S/C17H17BrN4O4/c1-19-14-8-7-11(9-15(14)22(25)26)17(24)21(2)10-16(23)20-13-6-4-3-5-12(13)18/h3-9,19H,10H2,1-2H3,(H,20,23). The molecule has 0 saturated carbocycles. The maximum atomic E-state index is 12.5. The number of amides is 2. The van der Waals surface area contributed by atoms with Crippen LogP contribution in [0.15, 0.2) is 46.9 Å². The first-order valence-electron chi connectivity index (χ1n) is 7.59. The van der Waals surface area contributed by atoms with Crippen molar-refractivity contribution in [3.63, 3.8) is 0 Å². The van der Waals surface area contributed by atoms with Gasteiger partial charge in [-0.3, -0.25) is 19.7 Å². The number of para-hydroxylation sites is 1. The van der Waals surface area contributed by atoms with Crippen molar-refractivity contribution in [3.05, 3.63) is 62.6 Å². The molecule has 9 heteroatoms. The highest BCUT2D eigenvalue weighted by molar-refractivity contribution is 9.10. The van der Waals surface area contributed by atoms with Gasteiger partial charge in [0.05, 0.1) is 17.2 Å². The second-order valence-corrected chi connectivity index (χ2v) is 6.28. The zero-order valence-electron chi connectivity index (χ0n) is 14.2. The van der Waals surface area contributed by atoms with Gasteiger partial charge in [-0.2, -0.15) is 0 Å². The molecule has 2 aromatic rings. The minimum Gasteiger partial charge on any atom is -0.383 e. The number of benzene rings is 2. The van der Waals surface area contributed by atoms with Crippen molar-refractivity contribution < 1.29 is 14.5 Å². The maximum Gasteiger partial charge on any atom is 0.293 e. The maximum absolute atomic E-state index is 12.5. The van der Waals surface area contributed by atoms with Crippen LogP contribution in [0.5, 0.6) is 0 Å². The number of nitro benzene ring substituents is 1. The quantitative estimate of drug-likeness (QED) is 0.551. The number of halogens is 1. The molecule has 2 amide bonds. The van der Waals surface area contributed by atoms with E-state index in [0.29, 0.717) is 11.4 Å². The number of nitrogens with one attached hydrogen (secondary N) is 2. The molecule has 8 nitrogen and oxygen atoms in total. The molecule has 0 aromatic heterocycles. The molecule has 0 aliphatic rings. The zero-order chi connectivity index (χ0) is 19.3. The van der Waals surface area contributed by atoms with E-state index in [1.165, 1.54) is 30.1 Å². The van der Waals surface area contributed by atoms with E-state index < -0.39 is 10.8 Å². The molecule has 0 aliphatic carbocycles. The minimum absolute atomic E-state index is 0.131. The first-order valence-corrected chi connectivity index (χ1v) is 8.38. The van der Waals surface area contributed by atoms with Crippen LogP contribution in [0.1, 0.15) is 10.4 Å². The smallest absolute Gasteiger partial charge is 0.293 e. The van der Waals surface area contributed by atoms with Crippen LogP contribution >= 0.6 is 15.9 Å². The third-order valence-corrected chi connectivity index (χ3v) is 4.28. The summed E-state index contributed by atoms with van der Waals surface area (Å²) >= 11 is 3.33. The van der Waals surface area contributed by atoms with Gasteiger partial charge in [0.15, 0.2) is 0 Å². The lowest BCUT2D eigenvalue weighted by molar-refractivity contribution is -0.384. The average Bonchev–Trinajstić information content (AvgIpc) is 2.62. The van der Waals surface area contributed by atoms with Crippen molar-refractivity contribution in [3.8, 4) is 0 Å². The number of nitrogens with zero attached hydrogens (tertiary/aromatic N) is 2. The molecule has 0 atom stereocenters. The summed E-state index contributed by atoms with van der Waals surface area (Å²) in [6.07, 6.45) is 0. The lowest BCUT2D eigenvalue weighted by Gasteiger charge is -2.17. The summed E-state index contributed by atoms with van der Waals surface area (Å²) in [6, 6.07) is 11.2. The van der Waals surface area contributed by atoms with Gasteiger partial charge in [0.25, 0.3) is 11.6 Å². The predicted molar refractivity (Wildman–Crippen MR) is 102 cm³/mol. The van der Waals surface area contributed by atoms with Crippen molar-refractivity contribution in [1.82, 2.24) is 4.90 Å². The first kappa shape index (κ1) is 19.4. The third kappa shape index (κ3) is 4.57. The lowest BCUT2D eigenvalue weighted by atomic mass is 10.1. The highest BCUT2D eigenvalue weighted by Crippen LogP contribution is 2.25. The van der Waals surface area contributed by atoms with Crippen LogP contribution in [0, 0.1) is 10.1 Å². The van der Waals surface area contributed by atoms with E-state index in [1.807, 2.05) is 6.07 Å². The van der Waals surface area contributed by atoms with Crippen LogP contribution in [-0.4, -0.2) is 42.3 Å². The van der Waals surface area contributed by atoms with Crippen LogP contribution in [0.4, 0.5) is 17.1 Å². The summed E-state index contributed by atoms with van der Waals surface area (Å²) in [6.45, 7) is -0.193. The Labute approximate surface area is 158 Å². The highest BCUT2D eigenvalue weighted by Gasteiger charge is 2.20. The average molecular weight is 421 g/mol. The summed E-state index contributed by atoms with van der Waals surface area (Å²) in [7, 11) is 3.02. The SMILES string of the molecule is CNc1ccc(C(=O)N(C)CC(=O)Nc2ccccc2Br)cc1[N+](=O)[O-]. The number of likely N-dealkylation sites (N-methyl/N-ethyl adjacent to an activating group) is 1. The molecule has 0 radical (unpaired) electrons. The van der Waals surface area contributed by atoms with Gasteiger partial charge in [-0.1, -0.05) is 12.1 Å². The normalized spacial score (nSPS) is 10.1. The molecule has 0 saturated heterocycles. The largest absolute Gasteiger partial charge is 0.383 e. The van der Waals surface area contributed by atoms with Gasteiger partial charge in [0, 0.05) is 30.2 Å². The second-order valence-electron chi connectivity index (χ2n) is 5.43. The Balaban J connectivity index is 2.09. The monoisotopic (exact) mass is 420 g/mol. The molecule has 0 heterocycles. The molecule has 2 aromatic carbocycles. The number of nitro groups is 1. The van der Waals surface area contributed by atoms with Gasteiger partial charge in [-0.25, -0.2) is 0 Å². The lowest BCUT2D eigenvalue weighted by Crippen LogP contribution is -2.35. The van der Waals surface area contributed by atoms with Gasteiger partial charge in [-0.15, -0.1) is 0 Å². The Morgan fingerprint density at radius 1 is 1.19 bits per heavy atom. The molecule has 136 valence electrons. The summed E-state index contributed by atoms with van der Waals surface area (Å²) in [5.41, 5.74) is 0.824. The minimum atomic E-state index is -0.567. The molecular weight excluding hydrogens is 404 g/mol. The Morgan fingerprint density at radius 3 is 2.50 bits per heavy atom. The Morgan fingerprint density at radius 2 is 1.88 bits per heavy atom. The highest BCUT2D eigenvalue weighted by atomic mass is 79.9. The summed E-state index contributed by atoms with van der Waals surface area (Å²) in [5, 5.41) is 16.5. The van der Waals surface area contributed by atoms with Gasteiger partial charge >= 0.3 is 0 Å². The van der Waals surface area contributed by atoms with Gasteiger partial charge in [-0.05, 0) is 40.2 Å². The molecule has 0 spiro atoms. The van der Waals surface area contributed by atoms with E-state index in [1.54, 1.807) is 25.2 Å². The van der Waals surface area contributed by atoms with Crippen LogP contribution in [0.25, 0.3) is 0 Å². The van der Waals surface area contributed by atoms with Gasteiger partial charge in [0.1, 0.15) is 5.69 Å². The summed E-state index contributed by atoms with van der Waals surface area (Å²) in [4.78, 5) is 36.4. The summed E-state index contributed by atoms with van der Waals surface area (Å²) < 4.78 is 0.723. The Kier molecular flexibility index (Phi) is 6.29. The van der Waals surface area contributed by atoms with E-state index in [2.05, 4.69) is 26.6 Å². The van der Waals surface area contributed by atoms with E-state index in [-0.39, 0.29) is 23.7 Å². The Bertz CT molecular complexity index is 856. The van der Waals surface area contributed by atoms with Crippen molar-refractivity contribution in [1.29, 1.82) is 0 Å². The topological polar surface area (TPSA) is 105 Å². The van der Waals surface area contributed by atoms with Crippen LogP contribution in [0.3, 0.4) is 0 Å². The molecule has 2 N–H and O–H groups in total. The molecule has 26 heavy (non-hydrogen) atoms. The fourth-order valence-electron chi connectivity index (χ4n) is 2.29. The number of rotatable bonds is 6. The second kappa shape index (κ2) is 8.43. The van der Waals surface area contributed by atoms with Crippen LogP contribution in [0.2, 0.25) is 0 Å². The number of hydrogen-bond donors (Lipinski definition) is 2. The van der Waals surface area contributed by atoms with E-state index >= 15 is 0 Å². The van der Waals surface area contributed by atoms with Crippen molar-refractivity contribution >= 4 is 44.8 Å². The third-order valence-electron chi connectivity index (χ3n) is 3.59. The van der Waals surface area contributed by atoms with Crippen molar-refractivity contribution in [2.24, 2.45) is 0 Å². The van der Waals surface area contributed by atoms with E-state index in [0.717, 1.165) is 4.47 Å². The first-order chi connectivity index (χ1) is 12.3. The molecular formula is C17H17BrN4O4. The van der Waals surface area contributed by atoms with E-state index in [4.69, 9.17) is 0 Å². The van der Waals surface area contributed by atoms with Crippen molar-refractivity contribution in [2.75, 3.05) is 31.3 Å². The summed E-state index contributed by atoms with van der Waals surface area (Å²) in [5.74, 6) is -0.868. The number of carbonyl (C=O) groups is 2. The molecule has 0 aliphatic heterocycles. The fourth-order valence-corrected chi connectivity index (χ4v) is 2.67. The zero-order valence-corrected chi connectivity index (χ0v) is 15.7. The predicted octanol–water partition coefficient (Wildman–Crippen LogP) is 3.11. The van der Waals surface area contributed by atoms with Gasteiger partial charge < -0.3 is 15.5 Å². The number of carbonyl (C=O) groups excluding carboxylic acids is 2. The Hall–Kier alpha value is -2.94. The molecule has 0 fully saturated rings. The van der Waals surface area contributed by atoms with Gasteiger partial charge in [0.2, 0.25) is 5.91 Å². The van der Waals surface area contributed by atoms with Crippen LogP contribution < -0.4 is 10.6 Å². The fraction of sp³-hybridized carbons (Fsp3) is 0.176.